The second-order valence-electron chi connectivity index (χ2n) is 21.6. The van der Waals surface area contributed by atoms with Crippen molar-refractivity contribution in [2.45, 2.75) is 297 Å². The summed E-state index contributed by atoms with van der Waals surface area (Å²) in [6.07, 6.45) is 97.2. The third-order valence-electron chi connectivity index (χ3n) is 13.8. The van der Waals surface area contributed by atoms with Crippen LogP contribution in [-0.4, -0.2) is 37.2 Å². The topological polar surface area (TPSA) is 78.9 Å². The van der Waals surface area contributed by atoms with Crippen molar-refractivity contribution in [3.63, 3.8) is 0 Å². The van der Waals surface area contributed by atoms with E-state index in [0.717, 1.165) is 116 Å². The van der Waals surface area contributed by atoms with Crippen molar-refractivity contribution in [1.82, 2.24) is 0 Å². The molecule has 0 rings (SSSR count). The zero-order valence-electron chi connectivity index (χ0n) is 52.5. The van der Waals surface area contributed by atoms with Gasteiger partial charge in [0.1, 0.15) is 13.2 Å². The zero-order valence-corrected chi connectivity index (χ0v) is 52.5. The van der Waals surface area contributed by atoms with E-state index in [4.69, 9.17) is 14.2 Å². The minimum atomic E-state index is -0.822. The lowest BCUT2D eigenvalue weighted by atomic mass is 10.0. The van der Waals surface area contributed by atoms with E-state index in [0.29, 0.717) is 19.3 Å². The standard InChI is InChI=1S/C75H122O6/c1-4-7-10-13-16-19-22-25-28-31-34-36-37-39-41-44-47-50-53-56-59-62-65-68-74(77)80-71-72(70-79-73(76)67-64-61-58-55-52-49-46-43-40-33-30-27-24-21-18-15-12-9-6-3)81-75(78)69-66-63-60-57-54-51-48-45-42-38-35-32-29-26-23-20-17-14-11-8-5-2/h8-9,11-12,17-18,20-22,25-27,29-31,34-35,38,40,43,49,52,58,61,72H,4-7,10,13-16,19,23-24,28,32-33,36-37,39,41-42,44-48,50-51,53-57,59-60,62-71H2,1-3H3/b11-8-,12-9-,20-17-,21-18-,25-22-,29-26-,30-27-,34-31-,38-35-,43-40-,52-49-,61-58-. The molecule has 0 fully saturated rings. The van der Waals surface area contributed by atoms with Crippen molar-refractivity contribution in [1.29, 1.82) is 0 Å². The molecule has 0 aromatic heterocycles. The Morgan fingerprint density at radius 1 is 0.259 bits per heavy atom. The van der Waals surface area contributed by atoms with Crippen LogP contribution in [0.4, 0.5) is 0 Å². The first-order chi connectivity index (χ1) is 40.0. The molecule has 0 aromatic carbocycles. The number of carbonyl (C=O) groups is 3. The monoisotopic (exact) mass is 1120 g/mol. The number of esters is 3. The van der Waals surface area contributed by atoms with Crippen LogP contribution in [0.3, 0.4) is 0 Å². The Bertz CT molecular complexity index is 1760. The van der Waals surface area contributed by atoms with E-state index in [1.54, 1.807) is 0 Å². The summed E-state index contributed by atoms with van der Waals surface area (Å²) in [4.78, 5) is 38.4. The van der Waals surface area contributed by atoms with Crippen LogP contribution in [0.2, 0.25) is 0 Å². The first kappa shape index (κ1) is 76.3. The van der Waals surface area contributed by atoms with Gasteiger partial charge in [0.05, 0.1) is 0 Å². The first-order valence-corrected chi connectivity index (χ1v) is 33.3. The van der Waals surface area contributed by atoms with Gasteiger partial charge >= 0.3 is 17.9 Å². The molecule has 0 heterocycles. The molecule has 1 atom stereocenters. The maximum absolute atomic E-state index is 12.9. The summed E-state index contributed by atoms with van der Waals surface area (Å²) in [5, 5.41) is 0. The molecule has 0 aromatic rings. The van der Waals surface area contributed by atoms with Crippen LogP contribution in [0, 0.1) is 0 Å². The predicted octanol–water partition coefficient (Wildman–Crippen LogP) is 23.1. The number of unbranched alkanes of at least 4 members (excludes halogenated alkanes) is 24. The number of carbonyl (C=O) groups excluding carboxylic acids is 3. The molecule has 0 aliphatic carbocycles. The average molecular weight is 1120 g/mol. The van der Waals surface area contributed by atoms with Crippen molar-refractivity contribution in [3.8, 4) is 0 Å². The smallest absolute Gasteiger partial charge is 0.306 e. The van der Waals surface area contributed by atoms with E-state index >= 15 is 0 Å². The van der Waals surface area contributed by atoms with Crippen LogP contribution in [-0.2, 0) is 28.6 Å². The number of ether oxygens (including phenoxy) is 3. The molecular formula is C75H122O6. The van der Waals surface area contributed by atoms with Crippen molar-refractivity contribution >= 4 is 17.9 Å². The van der Waals surface area contributed by atoms with E-state index in [1.807, 2.05) is 6.08 Å². The van der Waals surface area contributed by atoms with Gasteiger partial charge in [0.15, 0.2) is 6.10 Å². The molecule has 0 saturated carbocycles. The molecule has 0 amide bonds. The van der Waals surface area contributed by atoms with Crippen molar-refractivity contribution < 1.29 is 28.6 Å². The highest BCUT2D eigenvalue weighted by Crippen LogP contribution is 2.15. The number of allylic oxidation sites excluding steroid dienone is 24. The Kier molecular flexibility index (Phi) is 63.9. The summed E-state index contributed by atoms with van der Waals surface area (Å²) in [6, 6.07) is 0. The highest BCUT2D eigenvalue weighted by Gasteiger charge is 2.19. The fraction of sp³-hybridized carbons (Fsp3) is 0.640. The summed E-state index contributed by atoms with van der Waals surface area (Å²) in [7, 11) is 0. The third-order valence-corrected chi connectivity index (χ3v) is 13.8. The van der Waals surface area contributed by atoms with Gasteiger partial charge < -0.3 is 14.2 Å². The minimum Gasteiger partial charge on any atom is -0.462 e. The Balaban J connectivity index is 4.50. The molecule has 458 valence electrons. The molecule has 0 spiro atoms. The van der Waals surface area contributed by atoms with Gasteiger partial charge in [-0.05, 0) is 128 Å². The summed E-state index contributed by atoms with van der Waals surface area (Å²) >= 11 is 0. The van der Waals surface area contributed by atoms with Gasteiger partial charge in [-0.2, -0.15) is 0 Å². The van der Waals surface area contributed by atoms with Gasteiger partial charge in [-0.15, -0.1) is 0 Å². The zero-order chi connectivity index (χ0) is 58.5. The fourth-order valence-electron chi connectivity index (χ4n) is 8.90. The van der Waals surface area contributed by atoms with Gasteiger partial charge in [-0.1, -0.05) is 289 Å². The normalized spacial score (nSPS) is 13.1. The first-order valence-electron chi connectivity index (χ1n) is 33.3. The number of hydrogen-bond acceptors (Lipinski definition) is 6. The molecule has 6 nitrogen and oxygen atoms in total. The maximum atomic E-state index is 12.9. The molecule has 0 aliphatic rings. The van der Waals surface area contributed by atoms with E-state index in [9.17, 15) is 14.4 Å². The van der Waals surface area contributed by atoms with Gasteiger partial charge in [0.25, 0.3) is 0 Å². The Morgan fingerprint density at radius 3 is 0.827 bits per heavy atom. The molecular weight excluding hydrogens is 997 g/mol. The molecule has 0 bridgehead atoms. The Labute approximate surface area is 499 Å². The molecule has 0 radical (unpaired) electrons. The lowest BCUT2D eigenvalue weighted by Crippen LogP contribution is -2.30. The van der Waals surface area contributed by atoms with E-state index in [1.165, 1.54) is 128 Å². The van der Waals surface area contributed by atoms with Crippen LogP contribution in [0.15, 0.2) is 146 Å². The van der Waals surface area contributed by atoms with Gasteiger partial charge in [0.2, 0.25) is 0 Å². The van der Waals surface area contributed by atoms with E-state index in [-0.39, 0.29) is 37.5 Å². The average Bonchev–Trinajstić information content (AvgIpc) is 3.47. The van der Waals surface area contributed by atoms with Crippen LogP contribution >= 0.6 is 0 Å². The van der Waals surface area contributed by atoms with E-state index in [2.05, 4.69) is 161 Å². The summed E-state index contributed by atoms with van der Waals surface area (Å²) < 4.78 is 16.9. The fourth-order valence-corrected chi connectivity index (χ4v) is 8.90. The van der Waals surface area contributed by atoms with Crippen molar-refractivity contribution in [2.24, 2.45) is 0 Å². The molecule has 6 heteroatoms. The SMILES string of the molecule is CC/C=C\C/C=C\C/C=C\C/C=C\C/C=C\C/C=C\CCC(=O)OCC(COC(=O)CCCCCCCCCCCCC/C=C\C/C=C\CCCCCCC)OC(=O)CCCCCCCCCC/C=C\C/C=C\C/C=C\C/C=C\CC. The number of hydrogen-bond donors (Lipinski definition) is 0. The Hall–Kier alpha value is -4.71. The molecule has 0 aliphatic heterocycles. The van der Waals surface area contributed by atoms with Crippen LogP contribution < -0.4 is 0 Å². The molecule has 0 N–H and O–H groups in total. The van der Waals surface area contributed by atoms with Crippen molar-refractivity contribution in [3.05, 3.63) is 146 Å². The molecule has 81 heavy (non-hydrogen) atoms. The third kappa shape index (κ3) is 66.0. The van der Waals surface area contributed by atoms with Crippen LogP contribution in [0.5, 0.6) is 0 Å². The van der Waals surface area contributed by atoms with Crippen LogP contribution in [0.25, 0.3) is 0 Å². The lowest BCUT2D eigenvalue weighted by molar-refractivity contribution is -0.166. The highest BCUT2D eigenvalue weighted by molar-refractivity contribution is 5.71. The maximum Gasteiger partial charge on any atom is 0.306 e. The van der Waals surface area contributed by atoms with Gasteiger partial charge in [0, 0.05) is 19.3 Å². The second-order valence-corrected chi connectivity index (χ2v) is 21.6. The van der Waals surface area contributed by atoms with E-state index < -0.39 is 6.10 Å². The molecule has 1 unspecified atom stereocenters. The molecule has 0 saturated heterocycles. The van der Waals surface area contributed by atoms with Crippen molar-refractivity contribution in [2.75, 3.05) is 13.2 Å². The largest absolute Gasteiger partial charge is 0.462 e. The minimum absolute atomic E-state index is 0.110. The lowest BCUT2D eigenvalue weighted by Gasteiger charge is -2.18. The van der Waals surface area contributed by atoms with Gasteiger partial charge in [-0.25, -0.2) is 0 Å². The highest BCUT2D eigenvalue weighted by atomic mass is 16.6. The summed E-state index contributed by atoms with van der Waals surface area (Å²) in [5.41, 5.74) is 0. The summed E-state index contributed by atoms with van der Waals surface area (Å²) in [6.45, 7) is 6.35. The Morgan fingerprint density at radius 2 is 0.506 bits per heavy atom. The van der Waals surface area contributed by atoms with Crippen LogP contribution in [0.1, 0.15) is 290 Å². The summed E-state index contributed by atoms with van der Waals surface area (Å²) in [5.74, 6) is -1.01. The quantitative estimate of drug-likeness (QED) is 0.0261. The predicted molar refractivity (Wildman–Crippen MR) is 352 cm³/mol. The second kappa shape index (κ2) is 67.8. The van der Waals surface area contributed by atoms with Gasteiger partial charge in [-0.3, -0.25) is 14.4 Å². The number of rotatable bonds is 59.